The summed E-state index contributed by atoms with van der Waals surface area (Å²) in [6.07, 6.45) is 3.20. The molecule has 128 valence electrons. The number of carbonyl (C=O) groups is 1. The molecule has 3 aromatic rings. The van der Waals surface area contributed by atoms with E-state index >= 15 is 0 Å². The van der Waals surface area contributed by atoms with Crippen LogP contribution in [0.15, 0.2) is 29.0 Å². The lowest BCUT2D eigenvalue weighted by Crippen LogP contribution is -2.26. The first kappa shape index (κ1) is 16.6. The van der Waals surface area contributed by atoms with Crippen LogP contribution in [0.5, 0.6) is 0 Å². The van der Waals surface area contributed by atoms with E-state index in [2.05, 4.69) is 25.3 Å². The Balaban J connectivity index is 1.81. The van der Waals surface area contributed by atoms with Gasteiger partial charge >= 0.3 is 0 Å². The number of nitrogens with two attached hydrogens (primary N) is 1. The predicted octanol–water partition coefficient (Wildman–Crippen LogP) is 1.96. The molecule has 0 atom stereocenters. The van der Waals surface area contributed by atoms with Crippen molar-refractivity contribution in [1.82, 2.24) is 25.3 Å². The largest absolute Gasteiger partial charge is 0.443 e. The van der Waals surface area contributed by atoms with Gasteiger partial charge in [0.2, 0.25) is 5.89 Å². The summed E-state index contributed by atoms with van der Waals surface area (Å²) < 4.78 is 5.33. The summed E-state index contributed by atoms with van der Waals surface area (Å²) in [5, 5.41) is 2.76. The van der Waals surface area contributed by atoms with Crippen LogP contribution in [-0.4, -0.2) is 25.8 Å². The van der Waals surface area contributed by atoms with Gasteiger partial charge in [0.1, 0.15) is 12.0 Å². The van der Waals surface area contributed by atoms with E-state index in [0.29, 0.717) is 17.3 Å². The molecule has 3 aromatic heterocycles. The summed E-state index contributed by atoms with van der Waals surface area (Å²) in [6.45, 7) is 5.74. The summed E-state index contributed by atoms with van der Waals surface area (Å²) in [5.74, 6) is -0.0646. The zero-order chi connectivity index (χ0) is 18.0. The van der Waals surface area contributed by atoms with Crippen LogP contribution in [0.1, 0.15) is 33.1 Å². The Morgan fingerprint density at radius 1 is 1.24 bits per heavy atom. The Hall–Kier alpha value is -3.29. The summed E-state index contributed by atoms with van der Waals surface area (Å²) in [6, 6.07) is 3.77. The number of oxazole rings is 1. The maximum absolute atomic E-state index is 12.4. The fourth-order valence-corrected chi connectivity index (χ4v) is 2.32. The van der Waals surface area contributed by atoms with Crippen molar-refractivity contribution in [3.63, 3.8) is 0 Å². The Labute approximate surface area is 144 Å². The number of amides is 1. The van der Waals surface area contributed by atoms with E-state index in [9.17, 15) is 4.79 Å². The number of nitrogen functional groups attached to an aromatic ring is 1. The third kappa shape index (κ3) is 3.47. The van der Waals surface area contributed by atoms with Crippen molar-refractivity contribution < 1.29 is 9.21 Å². The molecule has 0 radical (unpaired) electrons. The monoisotopic (exact) mass is 338 g/mol. The highest BCUT2D eigenvalue weighted by atomic mass is 16.3. The molecule has 8 heteroatoms. The van der Waals surface area contributed by atoms with Crippen LogP contribution in [0, 0.1) is 20.8 Å². The minimum absolute atomic E-state index is 0.0201. The molecule has 0 aromatic carbocycles. The van der Waals surface area contributed by atoms with Crippen LogP contribution in [0.2, 0.25) is 0 Å². The average Bonchev–Trinajstić information content (AvgIpc) is 3.01. The summed E-state index contributed by atoms with van der Waals surface area (Å²) >= 11 is 0. The summed E-state index contributed by atoms with van der Waals surface area (Å²) in [7, 11) is 0. The number of hydrogen-bond donors (Lipinski definition) is 2. The second kappa shape index (κ2) is 6.68. The van der Waals surface area contributed by atoms with Crippen molar-refractivity contribution in [2.45, 2.75) is 27.3 Å². The molecule has 3 rings (SSSR count). The maximum Gasteiger partial charge on any atom is 0.274 e. The van der Waals surface area contributed by atoms with Gasteiger partial charge in [0, 0.05) is 6.20 Å². The number of nitrogens with one attached hydrogen (secondary N) is 1. The highest BCUT2D eigenvalue weighted by molar-refractivity contribution is 5.96. The quantitative estimate of drug-likeness (QED) is 0.746. The fourth-order valence-electron chi connectivity index (χ4n) is 2.32. The third-order valence-electron chi connectivity index (χ3n) is 3.67. The van der Waals surface area contributed by atoms with Gasteiger partial charge in [-0.2, -0.15) is 0 Å². The van der Waals surface area contributed by atoms with Gasteiger partial charge in [-0.15, -0.1) is 0 Å². The van der Waals surface area contributed by atoms with E-state index in [0.717, 1.165) is 17.0 Å². The standard InChI is InChI=1S/C17H18N6O2/c1-9-5-4-6-19-12(9)7-20-16(24)14-15(18)23-13(11(3)22-14)17-21-10(2)8-25-17/h4-6,8H,7H2,1-3H3,(H2,18,23)(H,20,24). The first-order valence-electron chi connectivity index (χ1n) is 7.71. The lowest BCUT2D eigenvalue weighted by atomic mass is 10.2. The zero-order valence-corrected chi connectivity index (χ0v) is 14.2. The van der Waals surface area contributed by atoms with E-state index in [1.165, 1.54) is 6.26 Å². The van der Waals surface area contributed by atoms with Crippen molar-refractivity contribution >= 4 is 11.7 Å². The molecule has 8 nitrogen and oxygen atoms in total. The molecule has 3 heterocycles. The topological polar surface area (TPSA) is 120 Å². The molecule has 0 bridgehead atoms. The van der Waals surface area contributed by atoms with E-state index < -0.39 is 5.91 Å². The van der Waals surface area contributed by atoms with E-state index in [1.807, 2.05) is 19.1 Å². The Morgan fingerprint density at radius 2 is 2.04 bits per heavy atom. The Morgan fingerprint density at radius 3 is 2.72 bits per heavy atom. The van der Waals surface area contributed by atoms with E-state index in [-0.39, 0.29) is 18.1 Å². The fraction of sp³-hybridized carbons (Fsp3) is 0.235. The minimum Gasteiger partial charge on any atom is -0.443 e. The molecule has 0 aliphatic rings. The summed E-state index contributed by atoms with van der Waals surface area (Å²) in [5.41, 5.74) is 9.41. The van der Waals surface area contributed by atoms with Crippen molar-refractivity contribution in [3.8, 4) is 11.6 Å². The summed E-state index contributed by atoms with van der Waals surface area (Å²) in [4.78, 5) is 29.3. The molecule has 0 saturated heterocycles. The van der Waals surface area contributed by atoms with Gasteiger partial charge in [-0.1, -0.05) is 6.07 Å². The molecule has 0 spiro atoms. The van der Waals surface area contributed by atoms with E-state index in [1.54, 1.807) is 20.0 Å². The SMILES string of the molecule is Cc1coc(-c2nc(N)c(C(=O)NCc3ncccc3C)nc2C)n1. The van der Waals surface area contributed by atoms with Gasteiger partial charge in [0.05, 0.1) is 23.6 Å². The van der Waals surface area contributed by atoms with Crippen LogP contribution in [0.3, 0.4) is 0 Å². The number of aryl methyl sites for hydroxylation is 3. The molecule has 0 aliphatic heterocycles. The number of anilines is 1. The molecule has 3 N–H and O–H groups in total. The number of nitrogens with zero attached hydrogens (tertiary/aromatic N) is 4. The van der Waals surface area contributed by atoms with Crippen LogP contribution in [0.4, 0.5) is 5.82 Å². The van der Waals surface area contributed by atoms with Crippen LogP contribution in [0.25, 0.3) is 11.6 Å². The molecule has 1 amide bonds. The number of hydrogen-bond acceptors (Lipinski definition) is 7. The molecule has 25 heavy (non-hydrogen) atoms. The molecular weight excluding hydrogens is 320 g/mol. The molecule has 0 fully saturated rings. The van der Waals surface area contributed by atoms with Crippen LogP contribution < -0.4 is 11.1 Å². The minimum atomic E-state index is -0.409. The lowest BCUT2D eigenvalue weighted by molar-refractivity contribution is 0.0946. The molecular formula is C17H18N6O2. The van der Waals surface area contributed by atoms with Gasteiger partial charge in [-0.05, 0) is 32.4 Å². The normalized spacial score (nSPS) is 10.7. The lowest BCUT2D eigenvalue weighted by Gasteiger charge is -2.09. The Bertz CT molecular complexity index is 935. The second-order valence-corrected chi connectivity index (χ2v) is 5.64. The van der Waals surface area contributed by atoms with Gasteiger partial charge in [-0.3, -0.25) is 9.78 Å². The van der Waals surface area contributed by atoms with Gasteiger partial charge in [0.25, 0.3) is 5.91 Å². The first-order valence-corrected chi connectivity index (χ1v) is 7.71. The first-order chi connectivity index (χ1) is 12.0. The van der Waals surface area contributed by atoms with Gasteiger partial charge in [-0.25, -0.2) is 15.0 Å². The molecule has 0 unspecified atom stereocenters. The smallest absolute Gasteiger partial charge is 0.274 e. The van der Waals surface area contributed by atoms with Crippen LogP contribution in [-0.2, 0) is 6.54 Å². The zero-order valence-electron chi connectivity index (χ0n) is 14.2. The Kier molecular flexibility index (Phi) is 4.42. The highest BCUT2D eigenvalue weighted by Crippen LogP contribution is 2.21. The molecule has 0 aliphatic carbocycles. The number of pyridine rings is 1. The maximum atomic E-state index is 12.4. The number of carbonyl (C=O) groups excluding carboxylic acids is 1. The predicted molar refractivity (Wildman–Crippen MR) is 91.6 cm³/mol. The van der Waals surface area contributed by atoms with Gasteiger partial charge < -0.3 is 15.5 Å². The van der Waals surface area contributed by atoms with Crippen molar-refractivity contribution in [1.29, 1.82) is 0 Å². The number of rotatable bonds is 4. The third-order valence-corrected chi connectivity index (χ3v) is 3.67. The second-order valence-electron chi connectivity index (χ2n) is 5.64. The molecule has 0 saturated carbocycles. The van der Waals surface area contributed by atoms with Gasteiger partial charge in [0.15, 0.2) is 11.5 Å². The van der Waals surface area contributed by atoms with E-state index in [4.69, 9.17) is 10.2 Å². The van der Waals surface area contributed by atoms with Crippen LogP contribution >= 0.6 is 0 Å². The number of aromatic nitrogens is 4. The highest BCUT2D eigenvalue weighted by Gasteiger charge is 2.19. The van der Waals surface area contributed by atoms with Crippen molar-refractivity contribution in [2.75, 3.05) is 5.73 Å². The van der Waals surface area contributed by atoms with Crippen molar-refractivity contribution in [2.24, 2.45) is 0 Å². The van der Waals surface area contributed by atoms with Crippen molar-refractivity contribution in [3.05, 3.63) is 52.9 Å². The average molecular weight is 338 g/mol.